The van der Waals surface area contributed by atoms with Crippen LogP contribution in [0.2, 0.25) is 0 Å². The van der Waals surface area contributed by atoms with Gasteiger partial charge in [-0.05, 0) is 36.0 Å². The van der Waals surface area contributed by atoms with Gasteiger partial charge in [0.2, 0.25) is 0 Å². The van der Waals surface area contributed by atoms with Crippen LogP contribution >= 0.6 is 0 Å². The topological polar surface area (TPSA) is 57.5 Å². The smallest absolute Gasteiger partial charge is 0.307 e. The van der Waals surface area contributed by atoms with Gasteiger partial charge < -0.3 is 10.2 Å². The van der Waals surface area contributed by atoms with Gasteiger partial charge in [0.25, 0.3) is 0 Å². The van der Waals surface area contributed by atoms with Crippen molar-refractivity contribution in [1.82, 2.24) is 0 Å². The third-order valence-corrected chi connectivity index (χ3v) is 4.02. The molecule has 0 amide bonds. The van der Waals surface area contributed by atoms with Crippen molar-refractivity contribution in [1.29, 1.82) is 0 Å². The van der Waals surface area contributed by atoms with Gasteiger partial charge in [-0.3, -0.25) is 4.79 Å². The maximum absolute atomic E-state index is 11.3. The van der Waals surface area contributed by atoms with Crippen molar-refractivity contribution in [3.63, 3.8) is 0 Å². The SMILES string of the molecule is O=C(O)C1Cc2c(O)cccc2C2C=CCC12. The van der Waals surface area contributed by atoms with Crippen molar-refractivity contribution >= 4 is 5.97 Å². The van der Waals surface area contributed by atoms with Crippen LogP contribution < -0.4 is 0 Å². The number of hydrogen-bond donors (Lipinski definition) is 2. The zero-order chi connectivity index (χ0) is 12.0. The minimum atomic E-state index is -0.752. The number of aromatic hydroxyl groups is 1. The molecule has 0 fully saturated rings. The first-order valence-electron chi connectivity index (χ1n) is 5.88. The monoisotopic (exact) mass is 230 g/mol. The molecule has 17 heavy (non-hydrogen) atoms. The molecule has 3 nitrogen and oxygen atoms in total. The first-order valence-corrected chi connectivity index (χ1v) is 5.88. The van der Waals surface area contributed by atoms with Crippen LogP contribution in [-0.4, -0.2) is 16.2 Å². The average molecular weight is 230 g/mol. The van der Waals surface area contributed by atoms with Gasteiger partial charge in [-0.2, -0.15) is 0 Å². The molecule has 3 unspecified atom stereocenters. The van der Waals surface area contributed by atoms with Gasteiger partial charge >= 0.3 is 5.97 Å². The number of allylic oxidation sites excluding steroid dienone is 2. The van der Waals surface area contributed by atoms with Gasteiger partial charge in [0.05, 0.1) is 5.92 Å². The number of phenolic OH excluding ortho intramolecular Hbond substituents is 1. The highest BCUT2D eigenvalue weighted by Crippen LogP contribution is 2.47. The van der Waals surface area contributed by atoms with E-state index >= 15 is 0 Å². The largest absolute Gasteiger partial charge is 0.508 e. The minimum absolute atomic E-state index is 0.154. The fraction of sp³-hybridized carbons (Fsp3) is 0.357. The van der Waals surface area contributed by atoms with E-state index in [2.05, 4.69) is 12.2 Å². The van der Waals surface area contributed by atoms with Crippen LogP contribution in [0, 0.1) is 11.8 Å². The predicted molar refractivity (Wildman–Crippen MR) is 62.9 cm³/mol. The van der Waals surface area contributed by atoms with Crippen LogP contribution in [0.25, 0.3) is 0 Å². The Morgan fingerprint density at radius 3 is 2.94 bits per heavy atom. The van der Waals surface area contributed by atoms with Crippen LogP contribution in [-0.2, 0) is 11.2 Å². The highest BCUT2D eigenvalue weighted by molar-refractivity contribution is 5.72. The lowest BCUT2D eigenvalue weighted by Crippen LogP contribution is -2.32. The molecule has 2 aliphatic rings. The van der Waals surface area contributed by atoms with E-state index in [0.717, 1.165) is 17.5 Å². The third-order valence-electron chi connectivity index (χ3n) is 4.02. The van der Waals surface area contributed by atoms with Crippen molar-refractivity contribution in [3.05, 3.63) is 41.5 Å². The molecular formula is C14H14O3. The maximum Gasteiger partial charge on any atom is 0.307 e. The van der Waals surface area contributed by atoms with E-state index in [1.54, 1.807) is 6.07 Å². The summed E-state index contributed by atoms with van der Waals surface area (Å²) in [5.41, 5.74) is 1.91. The number of rotatable bonds is 1. The predicted octanol–water partition coefficient (Wildman–Crippen LogP) is 2.31. The van der Waals surface area contributed by atoms with Crippen molar-refractivity contribution in [2.45, 2.75) is 18.8 Å². The van der Waals surface area contributed by atoms with Crippen molar-refractivity contribution in [2.75, 3.05) is 0 Å². The lowest BCUT2D eigenvalue weighted by Gasteiger charge is -2.33. The van der Waals surface area contributed by atoms with Gasteiger partial charge in [0.15, 0.2) is 0 Å². The summed E-state index contributed by atoms with van der Waals surface area (Å²) >= 11 is 0. The van der Waals surface area contributed by atoms with Crippen LogP contribution in [0.15, 0.2) is 30.4 Å². The Labute approximate surface area is 99.4 Å². The third kappa shape index (κ3) is 1.46. The average Bonchev–Trinajstić information content (AvgIpc) is 2.77. The molecule has 1 aromatic carbocycles. The van der Waals surface area contributed by atoms with E-state index in [0.29, 0.717) is 6.42 Å². The highest BCUT2D eigenvalue weighted by atomic mass is 16.4. The Morgan fingerprint density at radius 2 is 2.18 bits per heavy atom. The minimum Gasteiger partial charge on any atom is -0.508 e. The molecule has 0 bridgehead atoms. The van der Waals surface area contributed by atoms with Crippen LogP contribution in [0.5, 0.6) is 5.75 Å². The highest BCUT2D eigenvalue weighted by Gasteiger charge is 2.41. The number of phenols is 1. The van der Waals surface area contributed by atoms with Gasteiger partial charge in [-0.1, -0.05) is 24.3 Å². The fourth-order valence-corrected chi connectivity index (χ4v) is 3.19. The summed E-state index contributed by atoms with van der Waals surface area (Å²) < 4.78 is 0. The molecule has 0 aliphatic heterocycles. The Hall–Kier alpha value is -1.77. The van der Waals surface area contributed by atoms with Crippen LogP contribution in [0.4, 0.5) is 0 Å². The Kier molecular flexibility index (Phi) is 2.21. The van der Waals surface area contributed by atoms with E-state index in [-0.39, 0.29) is 23.5 Å². The molecule has 0 radical (unpaired) electrons. The van der Waals surface area contributed by atoms with Gasteiger partial charge in [-0.25, -0.2) is 0 Å². The van der Waals surface area contributed by atoms with Crippen LogP contribution in [0.3, 0.4) is 0 Å². The van der Waals surface area contributed by atoms with E-state index in [9.17, 15) is 15.0 Å². The van der Waals surface area contributed by atoms with Crippen molar-refractivity contribution < 1.29 is 15.0 Å². The molecule has 3 rings (SSSR count). The first-order chi connectivity index (χ1) is 8.18. The van der Waals surface area contributed by atoms with Crippen molar-refractivity contribution in [2.24, 2.45) is 11.8 Å². The number of fused-ring (bicyclic) bond motifs is 3. The lowest BCUT2D eigenvalue weighted by atomic mass is 9.70. The summed E-state index contributed by atoms with van der Waals surface area (Å²) in [5.74, 6) is -0.588. The fourth-order valence-electron chi connectivity index (χ4n) is 3.19. The second-order valence-electron chi connectivity index (χ2n) is 4.85. The number of carboxylic acid groups (broad SMARTS) is 1. The summed E-state index contributed by atoms with van der Waals surface area (Å²) in [6, 6.07) is 5.47. The number of carboxylic acids is 1. The van der Waals surface area contributed by atoms with Gasteiger partial charge in [0, 0.05) is 5.92 Å². The molecule has 2 N–H and O–H groups in total. The quantitative estimate of drug-likeness (QED) is 0.728. The normalized spacial score (nSPS) is 29.8. The van der Waals surface area contributed by atoms with E-state index in [1.165, 1.54) is 0 Å². The Bertz CT molecular complexity index is 504. The van der Waals surface area contributed by atoms with E-state index in [4.69, 9.17) is 0 Å². The summed E-state index contributed by atoms with van der Waals surface area (Å²) in [5, 5.41) is 19.2. The zero-order valence-corrected chi connectivity index (χ0v) is 9.34. The van der Waals surface area contributed by atoms with Gasteiger partial charge in [0.1, 0.15) is 5.75 Å². The molecule has 3 heteroatoms. The molecule has 1 aromatic rings. The van der Waals surface area contributed by atoms with E-state index < -0.39 is 5.97 Å². The number of carbonyl (C=O) groups is 1. The first kappa shape index (κ1) is 10.4. The van der Waals surface area contributed by atoms with Crippen molar-refractivity contribution in [3.8, 4) is 5.75 Å². The summed E-state index contributed by atoms with van der Waals surface area (Å²) in [6.45, 7) is 0. The van der Waals surface area contributed by atoms with Crippen LogP contribution in [0.1, 0.15) is 23.5 Å². The molecule has 0 saturated carbocycles. The Balaban J connectivity index is 2.12. The maximum atomic E-state index is 11.3. The molecule has 0 heterocycles. The Morgan fingerprint density at radius 1 is 1.35 bits per heavy atom. The van der Waals surface area contributed by atoms with E-state index in [1.807, 2.05) is 12.1 Å². The molecule has 0 spiro atoms. The molecule has 3 atom stereocenters. The molecule has 88 valence electrons. The number of aliphatic carboxylic acids is 1. The number of hydrogen-bond acceptors (Lipinski definition) is 2. The summed E-state index contributed by atoms with van der Waals surface area (Å²) in [7, 11) is 0. The summed E-state index contributed by atoms with van der Waals surface area (Å²) in [4.78, 5) is 11.3. The second kappa shape index (κ2) is 3.62. The second-order valence-corrected chi connectivity index (χ2v) is 4.85. The molecule has 0 saturated heterocycles. The molecule has 0 aromatic heterocycles. The number of benzene rings is 1. The standard InChI is InChI=1S/C14H14O3/c15-13-6-2-5-9-8-3-1-4-10(8)12(14(16)17)7-11(9)13/h1-3,5-6,8,10,12,15H,4,7H2,(H,16,17). The molecule has 2 aliphatic carbocycles. The van der Waals surface area contributed by atoms with Gasteiger partial charge in [-0.15, -0.1) is 0 Å². The molecular weight excluding hydrogens is 216 g/mol. The zero-order valence-electron chi connectivity index (χ0n) is 9.34. The lowest BCUT2D eigenvalue weighted by molar-refractivity contribution is -0.144. The summed E-state index contributed by atoms with van der Waals surface area (Å²) in [6.07, 6.45) is 5.42.